The summed E-state index contributed by atoms with van der Waals surface area (Å²) in [5, 5.41) is 3.04. The molecule has 1 N–H and O–H groups in total. The normalized spacial score (nSPS) is 20.7. The molecule has 2 heterocycles. The Bertz CT molecular complexity index is 557. The Morgan fingerprint density at radius 2 is 1.95 bits per heavy atom. The monoisotopic (exact) mass is 305 g/mol. The Kier molecular flexibility index (Phi) is 4.20. The molecule has 1 unspecified atom stereocenters. The summed E-state index contributed by atoms with van der Waals surface area (Å²) in [6.45, 7) is 6.50. The van der Waals surface area contributed by atoms with Crippen LogP contribution in [0.4, 0.5) is 0 Å². The van der Waals surface area contributed by atoms with Gasteiger partial charge in [-0.1, -0.05) is 0 Å². The maximum Gasteiger partial charge on any atom is 0.257 e. The van der Waals surface area contributed by atoms with Crippen molar-refractivity contribution in [2.24, 2.45) is 0 Å². The average Bonchev–Trinajstić information content (AvgIpc) is 3.24. The van der Waals surface area contributed by atoms with Gasteiger partial charge in [-0.2, -0.15) is 0 Å². The molecule has 3 rings (SSSR count). The lowest BCUT2D eigenvalue weighted by Gasteiger charge is -2.37. The molecule has 1 atom stereocenters. The minimum absolute atomic E-state index is 0.00610. The van der Waals surface area contributed by atoms with Crippen LogP contribution in [0, 0.1) is 6.92 Å². The number of nitrogens with zero attached hydrogens (tertiary/aromatic N) is 2. The van der Waals surface area contributed by atoms with Gasteiger partial charge in [0.2, 0.25) is 5.91 Å². The van der Waals surface area contributed by atoms with Crippen LogP contribution in [-0.2, 0) is 4.79 Å². The zero-order valence-corrected chi connectivity index (χ0v) is 13.2. The first kappa shape index (κ1) is 15.1. The Morgan fingerprint density at radius 1 is 1.27 bits per heavy atom. The lowest BCUT2D eigenvalue weighted by Crippen LogP contribution is -2.55. The van der Waals surface area contributed by atoms with Crippen LogP contribution < -0.4 is 5.32 Å². The van der Waals surface area contributed by atoms with Gasteiger partial charge >= 0.3 is 0 Å². The van der Waals surface area contributed by atoms with E-state index in [1.54, 1.807) is 6.07 Å². The first-order chi connectivity index (χ1) is 10.5. The van der Waals surface area contributed by atoms with E-state index in [0.717, 1.165) is 31.7 Å². The van der Waals surface area contributed by atoms with Crippen LogP contribution in [0.1, 0.15) is 35.9 Å². The fourth-order valence-electron chi connectivity index (χ4n) is 2.77. The van der Waals surface area contributed by atoms with Crippen molar-refractivity contribution in [3.05, 3.63) is 23.7 Å². The van der Waals surface area contributed by atoms with E-state index in [2.05, 4.69) is 10.2 Å². The minimum Gasteiger partial charge on any atom is -0.469 e. The number of hydrogen-bond donors (Lipinski definition) is 1. The third-order valence-corrected chi connectivity index (χ3v) is 4.43. The fraction of sp³-hybridized carbons (Fsp3) is 0.625. The highest BCUT2D eigenvalue weighted by Crippen LogP contribution is 2.19. The molecule has 0 spiro atoms. The number of carbonyl (C=O) groups excluding carboxylic acids is 2. The van der Waals surface area contributed by atoms with Gasteiger partial charge in [-0.25, -0.2) is 0 Å². The molecule has 0 aromatic carbocycles. The van der Waals surface area contributed by atoms with Crippen LogP contribution in [0.2, 0.25) is 0 Å². The second kappa shape index (κ2) is 6.12. The molecule has 1 saturated carbocycles. The van der Waals surface area contributed by atoms with Gasteiger partial charge in [-0.3, -0.25) is 14.5 Å². The van der Waals surface area contributed by atoms with Crippen molar-refractivity contribution in [3.63, 3.8) is 0 Å². The molecule has 1 saturated heterocycles. The van der Waals surface area contributed by atoms with Crippen LogP contribution in [-0.4, -0.2) is 59.9 Å². The molecule has 6 nitrogen and oxygen atoms in total. The largest absolute Gasteiger partial charge is 0.469 e. The molecule has 1 aromatic heterocycles. The van der Waals surface area contributed by atoms with Gasteiger partial charge in [-0.15, -0.1) is 0 Å². The highest BCUT2D eigenvalue weighted by Gasteiger charge is 2.31. The Morgan fingerprint density at radius 3 is 2.50 bits per heavy atom. The predicted molar refractivity (Wildman–Crippen MR) is 81.5 cm³/mol. The zero-order chi connectivity index (χ0) is 15.7. The molecule has 6 heteroatoms. The van der Waals surface area contributed by atoms with Gasteiger partial charge in [-0.05, 0) is 32.8 Å². The van der Waals surface area contributed by atoms with Crippen molar-refractivity contribution >= 4 is 11.8 Å². The summed E-state index contributed by atoms with van der Waals surface area (Å²) < 4.78 is 5.20. The number of aryl methyl sites for hydroxylation is 1. The smallest absolute Gasteiger partial charge is 0.257 e. The number of nitrogens with one attached hydrogen (secondary N) is 1. The number of amides is 2. The maximum atomic E-state index is 12.3. The third-order valence-electron chi connectivity index (χ3n) is 4.43. The number of furan rings is 1. The van der Waals surface area contributed by atoms with Crippen molar-refractivity contribution in [1.29, 1.82) is 0 Å². The van der Waals surface area contributed by atoms with E-state index in [0.29, 0.717) is 24.7 Å². The van der Waals surface area contributed by atoms with Gasteiger partial charge in [0.1, 0.15) is 12.0 Å². The number of hydrogen-bond acceptors (Lipinski definition) is 4. The Hall–Kier alpha value is -1.82. The fourth-order valence-corrected chi connectivity index (χ4v) is 2.77. The summed E-state index contributed by atoms with van der Waals surface area (Å²) in [5.74, 6) is 0.853. The Balaban J connectivity index is 1.51. The topological polar surface area (TPSA) is 65.8 Å². The van der Waals surface area contributed by atoms with E-state index in [9.17, 15) is 9.59 Å². The maximum absolute atomic E-state index is 12.3. The molecule has 1 aliphatic heterocycles. The van der Waals surface area contributed by atoms with E-state index in [1.165, 1.54) is 6.26 Å². The van der Waals surface area contributed by atoms with Crippen molar-refractivity contribution in [3.8, 4) is 0 Å². The van der Waals surface area contributed by atoms with Crippen LogP contribution in [0.25, 0.3) is 0 Å². The highest BCUT2D eigenvalue weighted by molar-refractivity contribution is 5.94. The molecular weight excluding hydrogens is 282 g/mol. The van der Waals surface area contributed by atoms with Crippen LogP contribution in [0.3, 0.4) is 0 Å². The first-order valence-corrected chi connectivity index (χ1v) is 7.93. The molecule has 2 aliphatic rings. The Labute approximate surface area is 130 Å². The number of rotatable bonds is 4. The molecular formula is C16H23N3O3. The van der Waals surface area contributed by atoms with Gasteiger partial charge in [0.05, 0.1) is 11.6 Å². The molecule has 2 fully saturated rings. The van der Waals surface area contributed by atoms with E-state index < -0.39 is 0 Å². The van der Waals surface area contributed by atoms with E-state index in [-0.39, 0.29) is 17.9 Å². The predicted octanol–water partition coefficient (Wildman–Crippen LogP) is 1.01. The zero-order valence-electron chi connectivity index (χ0n) is 13.2. The minimum atomic E-state index is -0.131. The van der Waals surface area contributed by atoms with Crippen molar-refractivity contribution in [2.45, 2.75) is 38.8 Å². The highest BCUT2D eigenvalue weighted by atomic mass is 16.3. The molecule has 1 aromatic rings. The molecule has 0 bridgehead atoms. The summed E-state index contributed by atoms with van der Waals surface area (Å²) in [4.78, 5) is 28.4. The van der Waals surface area contributed by atoms with Gasteiger partial charge < -0.3 is 14.6 Å². The standard InChI is InChI=1S/C16H23N3O3/c1-11-9-13(10-22-11)16(21)19-7-5-18(6-8-19)12(2)15(20)17-14-3-4-14/h9-10,12,14H,3-8H2,1-2H3,(H,17,20). The lowest BCUT2D eigenvalue weighted by atomic mass is 10.2. The van der Waals surface area contributed by atoms with Crippen molar-refractivity contribution in [1.82, 2.24) is 15.1 Å². The summed E-state index contributed by atoms with van der Waals surface area (Å²) in [6.07, 6.45) is 3.71. The van der Waals surface area contributed by atoms with Gasteiger partial charge in [0, 0.05) is 32.2 Å². The summed E-state index contributed by atoms with van der Waals surface area (Å²) in [5.41, 5.74) is 0.602. The number of piperazine rings is 1. The van der Waals surface area contributed by atoms with E-state index in [1.807, 2.05) is 18.7 Å². The third kappa shape index (κ3) is 3.32. The molecule has 2 amide bonds. The van der Waals surface area contributed by atoms with Crippen LogP contribution in [0.5, 0.6) is 0 Å². The second-order valence-corrected chi connectivity index (χ2v) is 6.23. The van der Waals surface area contributed by atoms with Crippen LogP contribution in [0.15, 0.2) is 16.7 Å². The average molecular weight is 305 g/mol. The summed E-state index contributed by atoms with van der Waals surface area (Å²) in [6, 6.07) is 2.02. The molecule has 120 valence electrons. The van der Waals surface area contributed by atoms with Gasteiger partial charge in [0.15, 0.2) is 0 Å². The summed E-state index contributed by atoms with van der Waals surface area (Å²) >= 11 is 0. The molecule has 22 heavy (non-hydrogen) atoms. The number of carbonyl (C=O) groups is 2. The van der Waals surface area contributed by atoms with Crippen molar-refractivity contribution in [2.75, 3.05) is 26.2 Å². The quantitative estimate of drug-likeness (QED) is 0.902. The molecule has 1 aliphatic carbocycles. The lowest BCUT2D eigenvalue weighted by molar-refractivity contribution is -0.126. The second-order valence-electron chi connectivity index (χ2n) is 6.23. The van der Waals surface area contributed by atoms with Crippen molar-refractivity contribution < 1.29 is 14.0 Å². The van der Waals surface area contributed by atoms with E-state index in [4.69, 9.17) is 4.42 Å². The first-order valence-electron chi connectivity index (χ1n) is 7.93. The van der Waals surface area contributed by atoms with E-state index >= 15 is 0 Å². The SMILES string of the molecule is Cc1cc(C(=O)N2CCN(C(C)C(=O)NC3CC3)CC2)co1. The summed E-state index contributed by atoms with van der Waals surface area (Å²) in [7, 11) is 0. The van der Waals surface area contributed by atoms with Gasteiger partial charge in [0.25, 0.3) is 5.91 Å². The molecule has 0 radical (unpaired) electrons. The van der Waals surface area contributed by atoms with Crippen LogP contribution >= 0.6 is 0 Å².